The lowest BCUT2D eigenvalue weighted by molar-refractivity contribution is -0.114. The summed E-state index contributed by atoms with van der Waals surface area (Å²) in [6, 6.07) is 10.2. The van der Waals surface area contributed by atoms with Crippen LogP contribution >= 0.6 is 0 Å². The van der Waals surface area contributed by atoms with E-state index < -0.39 is 0 Å². The maximum absolute atomic E-state index is 11.3. The lowest BCUT2D eigenvalue weighted by atomic mass is 10.2. The van der Waals surface area contributed by atoms with E-state index in [0.717, 1.165) is 31.4 Å². The van der Waals surface area contributed by atoms with Gasteiger partial charge in [-0.25, -0.2) is 0 Å². The molecule has 0 radical (unpaired) electrons. The van der Waals surface area contributed by atoms with Gasteiger partial charge in [0.25, 0.3) is 0 Å². The van der Waals surface area contributed by atoms with Crippen LogP contribution in [0.3, 0.4) is 0 Å². The molecular formula is C13H15NO. The lowest BCUT2D eigenvalue weighted by Gasteiger charge is -2.01. The highest BCUT2D eigenvalue weighted by Crippen LogP contribution is 2.19. The van der Waals surface area contributed by atoms with Crippen molar-refractivity contribution in [3.8, 4) is 0 Å². The summed E-state index contributed by atoms with van der Waals surface area (Å²) < 4.78 is 0. The summed E-state index contributed by atoms with van der Waals surface area (Å²) in [5.74, 6) is 0.301. The molecular weight excluding hydrogens is 186 g/mol. The molecule has 1 N–H and O–H groups in total. The van der Waals surface area contributed by atoms with Crippen LogP contribution in [0.5, 0.6) is 0 Å². The number of allylic oxidation sites excluding steroid dienone is 1. The molecule has 0 unspecified atom stereocenters. The Morgan fingerprint density at radius 3 is 2.67 bits per heavy atom. The van der Waals surface area contributed by atoms with Crippen LogP contribution < -0.4 is 5.32 Å². The average Bonchev–Trinajstić information content (AvgIpc) is 2.66. The summed E-state index contributed by atoms with van der Waals surface area (Å²) in [6.45, 7) is 0.789. The van der Waals surface area contributed by atoms with Gasteiger partial charge >= 0.3 is 0 Å². The predicted molar refractivity (Wildman–Crippen MR) is 60.2 cm³/mol. The van der Waals surface area contributed by atoms with E-state index in [4.69, 9.17) is 0 Å². The molecule has 1 aromatic carbocycles. The molecule has 1 fully saturated rings. The number of ketones is 1. The van der Waals surface area contributed by atoms with E-state index in [9.17, 15) is 4.79 Å². The maximum Gasteiger partial charge on any atom is 0.160 e. The molecule has 0 atom stereocenters. The summed E-state index contributed by atoms with van der Waals surface area (Å²) in [5, 5.41) is 3.19. The molecule has 0 saturated heterocycles. The van der Waals surface area contributed by atoms with Crippen molar-refractivity contribution in [3.63, 3.8) is 0 Å². The first kappa shape index (κ1) is 9.97. The van der Waals surface area contributed by atoms with Gasteiger partial charge < -0.3 is 5.32 Å². The summed E-state index contributed by atoms with van der Waals surface area (Å²) in [6.07, 6.45) is 4.54. The van der Waals surface area contributed by atoms with E-state index in [2.05, 4.69) is 17.4 Å². The second-order valence-electron chi connectivity index (χ2n) is 3.81. The minimum Gasteiger partial charge on any atom is -0.386 e. The number of benzene rings is 1. The molecule has 15 heavy (non-hydrogen) atoms. The van der Waals surface area contributed by atoms with Gasteiger partial charge in [0.1, 0.15) is 0 Å². The quantitative estimate of drug-likeness (QED) is 0.761. The highest BCUT2D eigenvalue weighted by atomic mass is 16.1. The molecule has 0 heterocycles. The monoisotopic (exact) mass is 201 g/mol. The van der Waals surface area contributed by atoms with Crippen molar-refractivity contribution in [1.82, 2.24) is 5.32 Å². The van der Waals surface area contributed by atoms with E-state index in [0.29, 0.717) is 5.78 Å². The van der Waals surface area contributed by atoms with Crippen molar-refractivity contribution < 1.29 is 4.79 Å². The Kier molecular flexibility index (Phi) is 3.18. The molecule has 2 heteroatoms. The van der Waals surface area contributed by atoms with Gasteiger partial charge in [0, 0.05) is 24.7 Å². The number of carbonyl (C=O) groups is 1. The van der Waals surface area contributed by atoms with Crippen LogP contribution in [0.4, 0.5) is 0 Å². The van der Waals surface area contributed by atoms with Crippen molar-refractivity contribution in [1.29, 1.82) is 0 Å². The fourth-order valence-electron chi connectivity index (χ4n) is 1.78. The third kappa shape index (κ3) is 2.69. The molecule has 0 aliphatic heterocycles. The number of nitrogens with one attached hydrogen (secondary N) is 1. The van der Waals surface area contributed by atoms with E-state index in [1.54, 1.807) is 0 Å². The molecule has 1 aliphatic rings. The number of carbonyl (C=O) groups excluding carboxylic acids is 1. The average molecular weight is 201 g/mol. The van der Waals surface area contributed by atoms with Crippen molar-refractivity contribution >= 4 is 5.78 Å². The topological polar surface area (TPSA) is 29.1 Å². The van der Waals surface area contributed by atoms with E-state index in [1.165, 1.54) is 5.56 Å². The standard InChI is InChI=1S/C13H15NO/c15-13-8-4-7-12(13)10-14-9-11-5-2-1-3-6-11/h1-3,5-6,10,14H,4,7-9H2/b12-10-. The molecule has 78 valence electrons. The van der Waals surface area contributed by atoms with Crippen molar-refractivity contribution in [2.75, 3.05) is 0 Å². The molecule has 0 bridgehead atoms. The molecule has 1 aliphatic carbocycles. The zero-order valence-corrected chi connectivity index (χ0v) is 8.70. The summed E-state index contributed by atoms with van der Waals surface area (Å²) in [4.78, 5) is 11.3. The van der Waals surface area contributed by atoms with Crippen LogP contribution in [0.1, 0.15) is 24.8 Å². The Labute approximate surface area is 90.0 Å². The van der Waals surface area contributed by atoms with E-state index in [-0.39, 0.29) is 0 Å². The van der Waals surface area contributed by atoms with Crippen LogP contribution in [-0.2, 0) is 11.3 Å². The second-order valence-corrected chi connectivity index (χ2v) is 3.81. The van der Waals surface area contributed by atoms with E-state index >= 15 is 0 Å². The maximum atomic E-state index is 11.3. The van der Waals surface area contributed by atoms with Gasteiger partial charge in [0.2, 0.25) is 0 Å². The van der Waals surface area contributed by atoms with Gasteiger partial charge in [0.15, 0.2) is 5.78 Å². The molecule has 0 aromatic heterocycles. The Morgan fingerprint density at radius 1 is 1.20 bits per heavy atom. The third-order valence-electron chi connectivity index (χ3n) is 2.63. The van der Waals surface area contributed by atoms with Crippen molar-refractivity contribution in [2.45, 2.75) is 25.8 Å². The van der Waals surface area contributed by atoms with Crippen molar-refractivity contribution in [2.24, 2.45) is 0 Å². The first-order chi connectivity index (χ1) is 7.36. The van der Waals surface area contributed by atoms with E-state index in [1.807, 2.05) is 24.4 Å². The smallest absolute Gasteiger partial charge is 0.160 e. The van der Waals surface area contributed by atoms with Gasteiger partial charge in [-0.3, -0.25) is 4.79 Å². The SMILES string of the molecule is O=C1CCC/C1=C/NCc1ccccc1. The lowest BCUT2D eigenvalue weighted by Crippen LogP contribution is -2.07. The summed E-state index contributed by atoms with van der Waals surface area (Å²) >= 11 is 0. The molecule has 2 rings (SSSR count). The summed E-state index contributed by atoms with van der Waals surface area (Å²) in [7, 11) is 0. The zero-order chi connectivity index (χ0) is 10.5. The number of Topliss-reactive ketones (excluding diaryl/α,β-unsaturated/α-hetero) is 1. The highest BCUT2D eigenvalue weighted by Gasteiger charge is 2.15. The van der Waals surface area contributed by atoms with Gasteiger partial charge in [-0.05, 0) is 18.4 Å². The molecule has 0 amide bonds. The first-order valence-corrected chi connectivity index (χ1v) is 5.36. The second kappa shape index (κ2) is 4.78. The van der Waals surface area contributed by atoms with Crippen LogP contribution in [-0.4, -0.2) is 5.78 Å². The molecule has 2 nitrogen and oxygen atoms in total. The van der Waals surface area contributed by atoms with Crippen LogP contribution in [0.25, 0.3) is 0 Å². The number of hydrogen-bond acceptors (Lipinski definition) is 2. The number of rotatable bonds is 3. The van der Waals surface area contributed by atoms with Gasteiger partial charge in [-0.1, -0.05) is 30.3 Å². The normalized spacial score (nSPS) is 18.4. The Bertz CT molecular complexity index is 367. The number of hydrogen-bond donors (Lipinski definition) is 1. The Hall–Kier alpha value is -1.57. The Balaban J connectivity index is 1.87. The van der Waals surface area contributed by atoms with Crippen LogP contribution in [0, 0.1) is 0 Å². The molecule has 1 aromatic rings. The zero-order valence-electron chi connectivity index (χ0n) is 8.70. The van der Waals surface area contributed by atoms with Crippen LogP contribution in [0.15, 0.2) is 42.1 Å². The largest absolute Gasteiger partial charge is 0.386 e. The van der Waals surface area contributed by atoms with Gasteiger partial charge in [-0.15, -0.1) is 0 Å². The van der Waals surface area contributed by atoms with Crippen molar-refractivity contribution in [3.05, 3.63) is 47.7 Å². The first-order valence-electron chi connectivity index (χ1n) is 5.36. The molecule has 0 spiro atoms. The fraction of sp³-hybridized carbons (Fsp3) is 0.308. The molecule has 1 saturated carbocycles. The predicted octanol–water partition coefficient (Wildman–Crippen LogP) is 2.41. The van der Waals surface area contributed by atoms with Gasteiger partial charge in [-0.2, -0.15) is 0 Å². The van der Waals surface area contributed by atoms with Crippen LogP contribution in [0.2, 0.25) is 0 Å². The van der Waals surface area contributed by atoms with Gasteiger partial charge in [0.05, 0.1) is 0 Å². The highest BCUT2D eigenvalue weighted by molar-refractivity contribution is 5.97. The Morgan fingerprint density at radius 2 is 2.00 bits per heavy atom. The third-order valence-corrected chi connectivity index (χ3v) is 2.63. The summed E-state index contributed by atoms with van der Waals surface area (Å²) in [5.41, 5.74) is 2.19. The minimum absolute atomic E-state index is 0.301. The minimum atomic E-state index is 0.301. The fourth-order valence-corrected chi connectivity index (χ4v) is 1.78.